The number of carbonyl (C=O) groups excluding carboxylic acids is 2. The monoisotopic (exact) mass is 396 g/mol. The highest BCUT2D eigenvalue weighted by Crippen LogP contribution is 2.25. The van der Waals surface area contributed by atoms with Crippen LogP contribution in [0.3, 0.4) is 0 Å². The van der Waals surface area contributed by atoms with E-state index in [4.69, 9.17) is 9.88 Å². The average molecular weight is 396 g/mol. The number of esters is 1. The molecule has 2 rings (SSSR count). The fourth-order valence-electron chi connectivity index (χ4n) is 2.83. The van der Waals surface area contributed by atoms with Crippen LogP contribution in [0.25, 0.3) is 0 Å². The molecule has 0 saturated carbocycles. The fraction of sp³-hybridized carbons (Fsp3) is 0.412. The van der Waals surface area contributed by atoms with Crippen molar-refractivity contribution < 1.29 is 22.7 Å². The molecule has 0 bridgehead atoms. The predicted molar refractivity (Wildman–Crippen MR) is 101 cm³/mol. The van der Waals surface area contributed by atoms with Gasteiger partial charge in [-0.05, 0) is 18.2 Å². The number of methoxy groups -OCH3 is 1. The van der Waals surface area contributed by atoms with Crippen LogP contribution in [0.1, 0.15) is 10.4 Å². The summed E-state index contributed by atoms with van der Waals surface area (Å²) >= 11 is 0. The Bertz CT molecular complexity index is 817. The van der Waals surface area contributed by atoms with Gasteiger partial charge in [0.05, 0.1) is 29.8 Å². The molecule has 0 atom stereocenters. The topological polar surface area (TPSA) is 122 Å². The lowest BCUT2D eigenvalue weighted by Gasteiger charge is -2.36. The van der Waals surface area contributed by atoms with E-state index >= 15 is 0 Å². The number of primary sulfonamides is 1. The molecule has 1 amide bonds. The maximum Gasteiger partial charge on any atom is 0.340 e. The van der Waals surface area contributed by atoms with Crippen molar-refractivity contribution in [2.75, 3.05) is 51.3 Å². The SMILES string of the molecule is C=CCNC(=O)CN1CCN(c2ccc(S(N)(=O)=O)cc2C(=O)OC)CC1. The molecular formula is C17H24N4O5S. The molecule has 1 fully saturated rings. The van der Waals surface area contributed by atoms with E-state index in [1.54, 1.807) is 12.1 Å². The Morgan fingerprint density at radius 3 is 2.52 bits per heavy atom. The number of ether oxygens (including phenoxy) is 1. The molecule has 0 aliphatic carbocycles. The van der Waals surface area contributed by atoms with E-state index in [-0.39, 0.29) is 22.9 Å². The third kappa shape index (κ3) is 5.52. The fourth-order valence-corrected chi connectivity index (χ4v) is 3.37. The van der Waals surface area contributed by atoms with Crippen LogP contribution in [0.2, 0.25) is 0 Å². The lowest BCUT2D eigenvalue weighted by molar-refractivity contribution is -0.122. The number of nitrogens with zero attached hydrogens (tertiary/aromatic N) is 2. The highest BCUT2D eigenvalue weighted by molar-refractivity contribution is 7.89. The second kappa shape index (κ2) is 8.98. The second-order valence-electron chi connectivity index (χ2n) is 6.07. The zero-order chi connectivity index (χ0) is 20.0. The summed E-state index contributed by atoms with van der Waals surface area (Å²) in [6, 6.07) is 4.15. The van der Waals surface area contributed by atoms with Crippen molar-refractivity contribution in [3.8, 4) is 0 Å². The van der Waals surface area contributed by atoms with Gasteiger partial charge < -0.3 is 15.0 Å². The van der Waals surface area contributed by atoms with Crippen molar-refractivity contribution in [1.29, 1.82) is 0 Å². The molecule has 1 aliphatic heterocycles. The molecule has 27 heavy (non-hydrogen) atoms. The lowest BCUT2D eigenvalue weighted by Crippen LogP contribution is -2.49. The summed E-state index contributed by atoms with van der Waals surface area (Å²) in [4.78, 5) is 27.7. The van der Waals surface area contributed by atoms with Gasteiger partial charge >= 0.3 is 5.97 Å². The number of anilines is 1. The third-order valence-electron chi connectivity index (χ3n) is 4.23. The Morgan fingerprint density at radius 1 is 1.30 bits per heavy atom. The molecule has 9 nitrogen and oxygen atoms in total. The van der Waals surface area contributed by atoms with Crippen molar-refractivity contribution >= 4 is 27.6 Å². The first kappa shape index (κ1) is 20.9. The number of amides is 1. The molecule has 1 aromatic rings. The van der Waals surface area contributed by atoms with Crippen molar-refractivity contribution in [3.63, 3.8) is 0 Å². The molecule has 148 valence electrons. The number of benzene rings is 1. The van der Waals surface area contributed by atoms with Gasteiger partial charge in [-0.3, -0.25) is 9.69 Å². The first-order chi connectivity index (χ1) is 12.8. The van der Waals surface area contributed by atoms with Crippen LogP contribution >= 0.6 is 0 Å². The smallest absolute Gasteiger partial charge is 0.340 e. The Kier molecular flexibility index (Phi) is 6.94. The van der Waals surface area contributed by atoms with Crippen LogP contribution in [0.5, 0.6) is 0 Å². The van der Waals surface area contributed by atoms with Gasteiger partial charge in [-0.15, -0.1) is 6.58 Å². The molecule has 10 heteroatoms. The number of sulfonamides is 1. The zero-order valence-corrected chi connectivity index (χ0v) is 16.0. The predicted octanol–water partition coefficient (Wildman–Crippen LogP) is -0.455. The lowest BCUT2D eigenvalue weighted by atomic mass is 10.1. The van der Waals surface area contributed by atoms with Crippen LogP contribution < -0.4 is 15.4 Å². The molecule has 0 unspecified atom stereocenters. The quantitative estimate of drug-likeness (QED) is 0.473. The van der Waals surface area contributed by atoms with Gasteiger partial charge in [-0.2, -0.15) is 0 Å². The van der Waals surface area contributed by atoms with E-state index in [9.17, 15) is 18.0 Å². The number of rotatable bonds is 7. The first-order valence-electron chi connectivity index (χ1n) is 8.36. The van der Waals surface area contributed by atoms with Crippen molar-refractivity contribution in [1.82, 2.24) is 10.2 Å². The minimum Gasteiger partial charge on any atom is -0.465 e. The van der Waals surface area contributed by atoms with Crippen molar-refractivity contribution in [2.24, 2.45) is 5.14 Å². The molecule has 1 saturated heterocycles. The molecule has 3 N–H and O–H groups in total. The Hall–Kier alpha value is -2.43. The molecule has 1 heterocycles. The summed E-state index contributed by atoms with van der Waals surface area (Å²) in [6.07, 6.45) is 1.62. The number of hydrogen-bond donors (Lipinski definition) is 2. The van der Waals surface area contributed by atoms with Crippen LogP contribution in [0, 0.1) is 0 Å². The zero-order valence-electron chi connectivity index (χ0n) is 15.2. The van der Waals surface area contributed by atoms with E-state index in [2.05, 4.69) is 11.9 Å². The molecule has 0 spiro atoms. The average Bonchev–Trinajstić information content (AvgIpc) is 2.65. The van der Waals surface area contributed by atoms with E-state index in [1.165, 1.54) is 19.2 Å². The molecule has 1 aliphatic rings. The van der Waals surface area contributed by atoms with Crippen molar-refractivity contribution in [3.05, 3.63) is 36.4 Å². The number of piperazine rings is 1. The van der Waals surface area contributed by atoms with Crippen LogP contribution in [0.4, 0.5) is 5.69 Å². The summed E-state index contributed by atoms with van der Waals surface area (Å²) in [5, 5.41) is 7.88. The largest absolute Gasteiger partial charge is 0.465 e. The van der Waals surface area contributed by atoms with Crippen LogP contribution in [0.15, 0.2) is 35.7 Å². The Balaban J connectivity index is 2.12. The van der Waals surface area contributed by atoms with E-state index in [1.807, 2.05) is 9.80 Å². The van der Waals surface area contributed by atoms with Crippen LogP contribution in [-0.2, 0) is 19.6 Å². The molecule has 1 aromatic carbocycles. The van der Waals surface area contributed by atoms with Gasteiger partial charge in [0.25, 0.3) is 0 Å². The number of carbonyl (C=O) groups is 2. The van der Waals surface area contributed by atoms with E-state index in [0.717, 1.165) is 0 Å². The summed E-state index contributed by atoms with van der Waals surface area (Å²) < 4.78 is 27.9. The molecule has 0 radical (unpaired) electrons. The van der Waals surface area contributed by atoms with Gasteiger partial charge in [-0.1, -0.05) is 6.08 Å². The van der Waals surface area contributed by atoms with E-state index in [0.29, 0.717) is 38.4 Å². The number of nitrogens with two attached hydrogens (primary N) is 1. The minimum absolute atomic E-state index is 0.0731. The summed E-state index contributed by atoms with van der Waals surface area (Å²) in [5.74, 6) is -0.710. The van der Waals surface area contributed by atoms with Gasteiger partial charge in [0.2, 0.25) is 15.9 Å². The number of hydrogen-bond acceptors (Lipinski definition) is 7. The highest BCUT2D eigenvalue weighted by atomic mass is 32.2. The number of nitrogens with one attached hydrogen (secondary N) is 1. The molecular weight excluding hydrogens is 372 g/mol. The minimum atomic E-state index is -3.93. The van der Waals surface area contributed by atoms with Gasteiger partial charge in [-0.25, -0.2) is 18.4 Å². The van der Waals surface area contributed by atoms with Crippen LogP contribution in [-0.4, -0.2) is 71.6 Å². The maximum absolute atomic E-state index is 12.1. The third-order valence-corrected chi connectivity index (χ3v) is 5.14. The standard InChI is InChI=1S/C17H24N4O5S/c1-3-6-19-16(22)12-20-7-9-21(10-8-20)15-5-4-13(27(18,24)25)11-14(15)17(23)26-2/h3-5,11H,1,6-10,12H2,2H3,(H,19,22)(H2,18,24,25). The summed E-state index contributed by atoms with van der Waals surface area (Å²) in [5.41, 5.74) is 0.714. The normalized spacial score (nSPS) is 15.3. The summed E-state index contributed by atoms with van der Waals surface area (Å²) in [7, 11) is -2.70. The van der Waals surface area contributed by atoms with E-state index < -0.39 is 16.0 Å². The van der Waals surface area contributed by atoms with Crippen molar-refractivity contribution in [2.45, 2.75) is 4.90 Å². The van der Waals surface area contributed by atoms with Gasteiger partial charge in [0.15, 0.2) is 0 Å². The first-order valence-corrected chi connectivity index (χ1v) is 9.91. The highest BCUT2D eigenvalue weighted by Gasteiger charge is 2.24. The second-order valence-corrected chi connectivity index (χ2v) is 7.63. The maximum atomic E-state index is 12.1. The van der Waals surface area contributed by atoms with Gasteiger partial charge in [0.1, 0.15) is 0 Å². The molecule has 0 aromatic heterocycles. The van der Waals surface area contributed by atoms with Gasteiger partial charge in [0, 0.05) is 32.7 Å². The Morgan fingerprint density at radius 2 is 1.96 bits per heavy atom. The Labute approximate surface area is 158 Å². The summed E-state index contributed by atoms with van der Waals surface area (Å²) in [6.45, 7) is 6.67.